The highest BCUT2D eigenvalue weighted by Gasteiger charge is 2.07. The van der Waals surface area contributed by atoms with Crippen molar-refractivity contribution in [2.75, 3.05) is 27.4 Å². The van der Waals surface area contributed by atoms with Gasteiger partial charge in [0.25, 0.3) is 0 Å². The second kappa shape index (κ2) is 13.7. The lowest BCUT2D eigenvalue weighted by Crippen LogP contribution is -2.36. The van der Waals surface area contributed by atoms with E-state index >= 15 is 0 Å². The van der Waals surface area contributed by atoms with Crippen LogP contribution in [0.25, 0.3) is 11.3 Å². The van der Waals surface area contributed by atoms with Gasteiger partial charge in [-0.3, -0.25) is 9.98 Å². The van der Waals surface area contributed by atoms with Crippen molar-refractivity contribution in [1.29, 1.82) is 0 Å². The number of methoxy groups -OCH3 is 1. The van der Waals surface area contributed by atoms with E-state index in [1.807, 2.05) is 36.5 Å². The summed E-state index contributed by atoms with van der Waals surface area (Å²) in [5.41, 5.74) is 5.45. The molecule has 0 radical (unpaired) electrons. The average molecular weight is 546 g/mol. The van der Waals surface area contributed by atoms with E-state index < -0.39 is 0 Å². The Morgan fingerprint density at radius 3 is 2.56 bits per heavy atom. The lowest BCUT2D eigenvalue weighted by atomic mass is 10.1. The third kappa shape index (κ3) is 7.80. The summed E-state index contributed by atoms with van der Waals surface area (Å²) in [5.74, 6) is 1.59. The van der Waals surface area contributed by atoms with Crippen LogP contribution in [-0.4, -0.2) is 38.3 Å². The number of halogens is 1. The topological polar surface area (TPSA) is 67.8 Å². The molecule has 0 bridgehead atoms. The van der Waals surface area contributed by atoms with Gasteiger partial charge in [-0.2, -0.15) is 0 Å². The summed E-state index contributed by atoms with van der Waals surface area (Å²) in [5, 5.41) is 6.74. The molecule has 6 nitrogen and oxygen atoms in total. The highest BCUT2D eigenvalue weighted by molar-refractivity contribution is 14.0. The molecule has 3 aromatic rings. The fraction of sp³-hybridized carbons (Fsp3) is 0.280. The smallest absolute Gasteiger partial charge is 0.191 e. The van der Waals surface area contributed by atoms with Crippen molar-refractivity contribution in [3.05, 3.63) is 83.6 Å². The molecule has 0 spiro atoms. The molecule has 0 saturated heterocycles. The Bertz CT molecular complexity index is 996. The molecule has 2 aromatic carbocycles. The van der Waals surface area contributed by atoms with Crippen LogP contribution in [0.3, 0.4) is 0 Å². The van der Waals surface area contributed by atoms with Crippen LogP contribution < -0.4 is 15.4 Å². The zero-order chi connectivity index (χ0) is 21.9. The van der Waals surface area contributed by atoms with Crippen molar-refractivity contribution in [2.45, 2.75) is 20.0 Å². The Kier molecular flexibility index (Phi) is 11.0. The van der Waals surface area contributed by atoms with Crippen molar-refractivity contribution in [2.24, 2.45) is 4.99 Å². The van der Waals surface area contributed by atoms with Gasteiger partial charge in [-0.05, 0) is 42.3 Å². The summed E-state index contributed by atoms with van der Waals surface area (Å²) < 4.78 is 11.0. The predicted molar refractivity (Wildman–Crippen MR) is 141 cm³/mol. The van der Waals surface area contributed by atoms with E-state index in [2.05, 4.69) is 57.9 Å². The highest BCUT2D eigenvalue weighted by Crippen LogP contribution is 2.20. The Morgan fingerprint density at radius 1 is 0.969 bits per heavy atom. The van der Waals surface area contributed by atoms with Crippen LogP contribution in [0, 0.1) is 6.92 Å². The number of guanidine groups is 1. The fourth-order valence-electron chi connectivity index (χ4n) is 3.14. The number of aromatic nitrogens is 1. The lowest BCUT2D eigenvalue weighted by molar-refractivity contribution is 0.145. The molecule has 2 N–H and O–H groups in total. The van der Waals surface area contributed by atoms with Crippen LogP contribution in [0.2, 0.25) is 0 Å². The molecule has 32 heavy (non-hydrogen) atoms. The molecule has 1 aromatic heterocycles. The van der Waals surface area contributed by atoms with E-state index in [1.165, 1.54) is 0 Å². The van der Waals surface area contributed by atoms with Gasteiger partial charge in [-0.15, -0.1) is 24.0 Å². The number of nitrogens with zero attached hydrogens (tertiary/aromatic N) is 2. The zero-order valence-electron chi connectivity index (χ0n) is 18.8. The lowest BCUT2D eigenvalue weighted by Gasteiger charge is -2.15. The van der Waals surface area contributed by atoms with Crippen LogP contribution in [-0.2, 0) is 17.8 Å². The predicted octanol–water partition coefficient (Wildman–Crippen LogP) is 4.57. The molecule has 170 valence electrons. The number of benzene rings is 2. The van der Waals surface area contributed by atoms with Gasteiger partial charge in [0.05, 0.1) is 12.3 Å². The van der Waals surface area contributed by atoms with Crippen LogP contribution in [0.15, 0.2) is 71.9 Å². The molecule has 3 rings (SSSR count). The third-order valence-corrected chi connectivity index (χ3v) is 4.79. The zero-order valence-corrected chi connectivity index (χ0v) is 21.1. The van der Waals surface area contributed by atoms with Gasteiger partial charge in [-0.1, -0.05) is 36.4 Å². The van der Waals surface area contributed by atoms with Crippen LogP contribution >= 0.6 is 24.0 Å². The summed E-state index contributed by atoms with van der Waals surface area (Å²) in [6.07, 6.45) is 1.81. The van der Waals surface area contributed by atoms with Crippen LogP contribution in [0.5, 0.6) is 5.75 Å². The SMILES string of the molecule is CN=C(NCc1cccc(-c2ccccn2)c1)NCc1ccc(C)cc1OCCOC.I. The minimum absolute atomic E-state index is 0. The number of ether oxygens (including phenoxy) is 2. The maximum Gasteiger partial charge on any atom is 0.191 e. The summed E-state index contributed by atoms with van der Waals surface area (Å²) in [6.45, 7) is 4.40. The quantitative estimate of drug-likeness (QED) is 0.178. The molecule has 7 heteroatoms. The number of aliphatic imine (C=N–C) groups is 1. The molecule has 0 atom stereocenters. The maximum atomic E-state index is 5.88. The van der Waals surface area contributed by atoms with Gasteiger partial charge in [0.15, 0.2) is 5.96 Å². The minimum atomic E-state index is 0. The molecule has 0 unspecified atom stereocenters. The Morgan fingerprint density at radius 2 is 1.81 bits per heavy atom. The Balaban J connectivity index is 0.00000363. The Labute approximate surface area is 207 Å². The first-order valence-corrected chi connectivity index (χ1v) is 10.4. The van der Waals surface area contributed by atoms with E-state index in [4.69, 9.17) is 9.47 Å². The second-order valence-corrected chi connectivity index (χ2v) is 7.15. The molecule has 0 amide bonds. The molecule has 1 heterocycles. The van der Waals surface area contributed by atoms with Crippen LogP contribution in [0.4, 0.5) is 0 Å². The van der Waals surface area contributed by atoms with Gasteiger partial charge in [0, 0.05) is 44.6 Å². The van der Waals surface area contributed by atoms with Gasteiger partial charge < -0.3 is 20.1 Å². The van der Waals surface area contributed by atoms with Gasteiger partial charge in [0.1, 0.15) is 12.4 Å². The first-order valence-electron chi connectivity index (χ1n) is 10.4. The number of aryl methyl sites for hydroxylation is 1. The molecule has 0 aliphatic rings. The van der Waals surface area contributed by atoms with E-state index in [0.717, 1.165) is 39.7 Å². The van der Waals surface area contributed by atoms with Crippen molar-refractivity contribution >= 4 is 29.9 Å². The van der Waals surface area contributed by atoms with Gasteiger partial charge >= 0.3 is 0 Å². The summed E-state index contributed by atoms with van der Waals surface area (Å²) in [4.78, 5) is 8.77. The Hall–Kier alpha value is -2.65. The van der Waals surface area contributed by atoms with Crippen LogP contribution in [0.1, 0.15) is 16.7 Å². The number of rotatable bonds is 9. The number of pyridine rings is 1. The highest BCUT2D eigenvalue weighted by atomic mass is 127. The van der Waals surface area contributed by atoms with Crippen molar-refractivity contribution in [3.63, 3.8) is 0 Å². The number of hydrogen-bond donors (Lipinski definition) is 2. The van der Waals surface area contributed by atoms with E-state index in [-0.39, 0.29) is 24.0 Å². The molecular weight excluding hydrogens is 515 g/mol. The van der Waals surface area contributed by atoms with E-state index in [1.54, 1.807) is 14.2 Å². The van der Waals surface area contributed by atoms with E-state index in [9.17, 15) is 0 Å². The van der Waals surface area contributed by atoms with E-state index in [0.29, 0.717) is 26.3 Å². The van der Waals surface area contributed by atoms with Gasteiger partial charge in [0.2, 0.25) is 0 Å². The summed E-state index contributed by atoms with van der Waals surface area (Å²) >= 11 is 0. The first-order chi connectivity index (χ1) is 15.2. The largest absolute Gasteiger partial charge is 0.491 e. The summed E-state index contributed by atoms with van der Waals surface area (Å²) in [6, 6.07) is 20.5. The molecule has 0 aliphatic carbocycles. The fourth-order valence-corrected chi connectivity index (χ4v) is 3.14. The van der Waals surface area contributed by atoms with Crippen molar-refractivity contribution in [3.8, 4) is 17.0 Å². The average Bonchev–Trinajstić information content (AvgIpc) is 2.81. The maximum absolute atomic E-state index is 5.88. The first kappa shape index (κ1) is 25.6. The summed E-state index contributed by atoms with van der Waals surface area (Å²) in [7, 11) is 3.44. The normalized spacial score (nSPS) is 10.9. The molecule has 0 fully saturated rings. The number of hydrogen-bond acceptors (Lipinski definition) is 4. The molecule has 0 aliphatic heterocycles. The second-order valence-electron chi connectivity index (χ2n) is 7.15. The molecule has 0 saturated carbocycles. The third-order valence-electron chi connectivity index (χ3n) is 4.79. The van der Waals surface area contributed by atoms with Crippen molar-refractivity contribution in [1.82, 2.24) is 15.6 Å². The van der Waals surface area contributed by atoms with Gasteiger partial charge in [-0.25, -0.2) is 0 Å². The minimum Gasteiger partial charge on any atom is -0.491 e. The number of nitrogens with one attached hydrogen (secondary N) is 2. The monoisotopic (exact) mass is 546 g/mol. The van der Waals surface area contributed by atoms with Crippen molar-refractivity contribution < 1.29 is 9.47 Å². The standard InChI is InChI=1S/C25H30N4O2.HI/c1-19-10-11-22(24(15-19)31-14-13-30-3)18-29-25(26-2)28-17-20-7-6-8-21(16-20)23-9-4-5-12-27-23;/h4-12,15-16H,13-14,17-18H2,1-3H3,(H2,26,28,29);1H. The molecular formula is C25H31IN4O2.